The quantitative estimate of drug-likeness (QED) is 0.765. The first-order chi connectivity index (χ1) is 9.92. The van der Waals surface area contributed by atoms with Crippen LogP contribution in [-0.4, -0.2) is 39.3 Å². The van der Waals surface area contributed by atoms with Crippen molar-refractivity contribution >= 4 is 16.0 Å². The van der Waals surface area contributed by atoms with Gasteiger partial charge in [0.1, 0.15) is 6.04 Å². The van der Waals surface area contributed by atoms with Crippen LogP contribution in [0.2, 0.25) is 0 Å². The maximum Gasteiger partial charge on any atom is 0.322 e. The zero-order chi connectivity index (χ0) is 15.5. The van der Waals surface area contributed by atoms with Gasteiger partial charge in [-0.3, -0.25) is 4.79 Å². The lowest BCUT2D eigenvalue weighted by Crippen LogP contribution is -2.35. The van der Waals surface area contributed by atoms with Crippen LogP contribution in [0.5, 0.6) is 0 Å². The zero-order valence-corrected chi connectivity index (χ0v) is 12.9. The third-order valence-electron chi connectivity index (χ3n) is 3.61. The summed E-state index contributed by atoms with van der Waals surface area (Å²) in [7, 11) is -2.17. The molecule has 1 aliphatic heterocycles. The number of hydrogen-bond acceptors (Lipinski definition) is 5. The molecular formula is C14H20N2O4S. The Kier molecular flexibility index (Phi) is 4.97. The van der Waals surface area contributed by atoms with Crippen LogP contribution in [0.4, 0.5) is 0 Å². The molecule has 116 valence electrons. The van der Waals surface area contributed by atoms with Crippen LogP contribution in [0.3, 0.4) is 0 Å². The Hall–Kier alpha value is -1.44. The van der Waals surface area contributed by atoms with Crippen molar-refractivity contribution in [2.24, 2.45) is 0 Å². The van der Waals surface area contributed by atoms with E-state index in [9.17, 15) is 13.2 Å². The molecule has 0 radical (unpaired) electrons. The lowest BCUT2D eigenvalue weighted by atomic mass is 10.2. The van der Waals surface area contributed by atoms with Crippen LogP contribution in [-0.2, 0) is 26.1 Å². The standard InChI is InChI=1S/C14H20N2O4S/c1-10-3-5-11(6-4-10)8-16-21(18,19)12-7-13(15-9-12)14(17)20-2/h3-6,12-13,15-16H,7-9H2,1-2H3. The van der Waals surface area contributed by atoms with Gasteiger partial charge in [-0.05, 0) is 18.9 Å². The van der Waals surface area contributed by atoms with Crippen LogP contribution in [0, 0.1) is 6.92 Å². The van der Waals surface area contributed by atoms with Gasteiger partial charge in [0.2, 0.25) is 10.0 Å². The van der Waals surface area contributed by atoms with Crippen molar-refractivity contribution in [2.75, 3.05) is 13.7 Å². The third-order valence-corrected chi connectivity index (χ3v) is 5.40. The first-order valence-corrected chi connectivity index (χ1v) is 8.32. The van der Waals surface area contributed by atoms with Crippen LogP contribution >= 0.6 is 0 Å². The molecule has 6 nitrogen and oxygen atoms in total. The molecule has 2 N–H and O–H groups in total. The van der Waals surface area contributed by atoms with E-state index >= 15 is 0 Å². The predicted octanol–water partition coefficient (Wildman–Crippen LogP) is 0.318. The summed E-state index contributed by atoms with van der Waals surface area (Å²) in [6.07, 6.45) is 0.232. The third kappa shape index (κ3) is 4.03. The Labute approximate surface area is 124 Å². The average molecular weight is 312 g/mol. The van der Waals surface area contributed by atoms with Gasteiger partial charge in [-0.2, -0.15) is 0 Å². The van der Waals surface area contributed by atoms with Crippen LogP contribution < -0.4 is 10.0 Å². The summed E-state index contributed by atoms with van der Waals surface area (Å²) in [5, 5.41) is 2.26. The van der Waals surface area contributed by atoms with Gasteiger partial charge >= 0.3 is 5.97 Å². The molecular weight excluding hydrogens is 292 g/mol. The number of methoxy groups -OCH3 is 1. The van der Waals surface area contributed by atoms with Crippen molar-refractivity contribution in [1.82, 2.24) is 10.0 Å². The van der Waals surface area contributed by atoms with E-state index in [0.717, 1.165) is 11.1 Å². The molecule has 1 aromatic rings. The van der Waals surface area contributed by atoms with Crippen molar-refractivity contribution in [1.29, 1.82) is 0 Å². The molecule has 1 fully saturated rings. The van der Waals surface area contributed by atoms with E-state index in [1.807, 2.05) is 31.2 Å². The molecule has 1 aliphatic rings. The highest BCUT2D eigenvalue weighted by Crippen LogP contribution is 2.15. The van der Waals surface area contributed by atoms with E-state index in [-0.39, 0.29) is 19.5 Å². The number of benzene rings is 1. The Morgan fingerprint density at radius 3 is 2.67 bits per heavy atom. The van der Waals surface area contributed by atoms with Gasteiger partial charge in [-0.25, -0.2) is 13.1 Å². The first-order valence-electron chi connectivity index (χ1n) is 6.77. The van der Waals surface area contributed by atoms with Gasteiger partial charge in [0.25, 0.3) is 0 Å². The molecule has 0 amide bonds. The number of carbonyl (C=O) groups excluding carboxylic acids is 1. The SMILES string of the molecule is COC(=O)C1CC(S(=O)(=O)NCc2ccc(C)cc2)CN1. The number of sulfonamides is 1. The second kappa shape index (κ2) is 6.55. The zero-order valence-electron chi connectivity index (χ0n) is 12.1. The monoisotopic (exact) mass is 312 g/mol. The number of aryl methyl sites for hydroxylation is 1. The van der Waals surface area contributed by atoms with Crippen LogP contribution in [0.1, 0.15) is 17.5 Å². The number of esters is 1. The lowest BCUT2D eigenvalue weighted by Gasteiger charge is -2.12. The Bertz CT molecular complexity index is 598. The van der Waals surface area contributed by atoms with E-state index < -0.39 is 27.3 Å². The summed E-state index contributed by atoms with van der Waals surface area (Å²) >= 11 is 0. The molecule has 2 unspecified atom stereocenters. The summed E-state index contributed by atoms with van der Waals surface area (Å²) < 4.78 is 31.7. The summed E-state index contributed by atoms with van der Waals surface area (Å²) in [6, 6.07) is 7.11. The summed E-state index contributed by atoms with van der Waals surface area (Å²) in [4.78, 5) is 11.4. The molecule has 0 spiro atoms. The van der Waals surface area contributed by atoms with Crippen molar-refractivity contribution in [3.8, 4) is 0 Å². The molecule has 1 aromatic carbocycles. The molecule has 0 bridgehead atoms. The summed E-state index contributed by atoms with van der Waals surface area (Å²) in [5.41, 5.74) is 2.03. The Balaban J connectivity index is 1.93. The Morgan fingerprint density at radius 1 is 1.38 bits per heavy atom. The first kappa shape index (κ1) is 15.9. The average Bonchev–Trinajstić information content (AvgIpc) is 2.96. The second-order valence-corrected chi connectivity index (χ2v) is 7.24. The van der Waals surface area contributed by atoms with E-state index in [4.69, 9.17) is 0 Å². The van der Waals surface area contributed by atoms with Crippen molar-refractivity contribution in [3.63, 3.8) is 0 Å². The van der Waals surface area contributed by atoms with E-state index in [2.05, 4.69) is 14.8 Å². The number of ether oxygens (including phenoxy) is 1. The van der Waals surface area contributed by atoms with Gasteiger partial charge in [-0.1, -0.05) is 29.8 Å². The maximum absolute atomic E-state index is 12.2. The minimum Gasteiger partial charge on any atom is -0.468 e. The van der Waals surface area contributed by atoms with Crippen LogP contribution in [0.15, 0.2) is 24.3 Å². The normalized spacial score (nSPS) is 22.2. The molecule has 21 heavy (non-hydrogen) atoms. The van der Waals surface area contributed by atoms with Gasteiger partial charge in [0.05, 0.1) is 12.4 Å². The summed E-state index contributed by atoms with van der Waals surface area (Å²) in [6.45, 7) is 2.48. The fourth-order valence-corrected chi connectivity index (χ4v) is 3.63. The van der Waals surface area contributed by atoms with Crippen LogP contribution in [0.25, 0.3) is 0 Å². The van der Waals surface area contributed by atoms with E-state index in [0.29, 0.717) is 0 Å². The minimum atomic E-state index is -3.46. The van der Waals surface area contributed by atoms with Crippen molar-refractivity contribution in [3.05, 3.63) is 35.4 Å². The maximum atomic E-state index is 12.2. The molecule has 1 saturated heterocycles. The second-order valence-electron chi connectivity index (χ2n) is 5.19. The number of nitrogens with one attached hydrogen (secondary N) is 2. The lowest BCUT2D eigenvalue weighted by molar-refractivity contribution is -0.142. The van der Waals surface area contributed by atoms with Gasteiger partial charge in [0.15, 0.2) is 0 Å². The Morgan fingerprint density at radius 2 is 2.05 bits per heavy atom. The molecule has 0 aliphatic carbocycles. The highest BCUT2D eigenvalue weighted by molar-refractivity contribution is 7.90. The van der Waals surface area contributed by atoms with Gasteiger partial charge in [0, 0.05) is 13.1 Å². The predicted molar refractivity (Wildman–Crippen MR) is 79.2 cm³/mol. The van der Waals surface area contributed by atoms with Crippen molar-refractivity contribution < 1.29 is 17.9 Å². The van der Waals surface area contributed by atoms with Crippen molar-refractivity contribution in [2.45, 2.75) is 31.2 Å². The molecule has 7 heteroatoms. The largest absolute Gasteiger partial charge is 0.468 e. The van der Waals surface area contributed by atoms with Gasteiger partial charge < -0.3 is 10.1 Å². The molecule has 2 atom stereocenters. The highest BCUT2D eigenvalue weighted by atomic mass is 32.2. The smallest absolute Gasteiger partial charge is 0.322 e. The minimum absolute atomic E-state index is 0.232. The number of rotatable bonds is 5. The molecule has 0 aromatic heterocycles. The number of hydrogen-bond donors (Lipinski definition) is 2. The summed E-state index contributed by atoms with van der Waals surface area (Å²) in [5.74, 6) is -0.425. The van der Waals surface area contributed by atoms with Gasteiger partial charge in [-0.15, -0.1) is 0 Å². The molecule has 1 heterocycles. The molecule has 2 rings (SSSR count). The molecule has 0 saturated carbocycles. The van der Waals surface area contributed by atoms with E-state index in [1.165, 1.54) is 7.11 Å². The number of carbonyl (C=O) groups is 1. The topological polar surface area (TPSA) is 84.5 Å². The van der Waals surface area contributed by atoms with E-state index in [1.54, 1.807) is 0 Å². The fourth-order valence-electron chi connectivity index (χ4n) is 2.27. The fraction of sp³-hybridized carbons (Fsp3) is 0.500. The highest BCUT2D eigenvalue weighted by Gasteiger charge is 2.37.